The molecule has 2 N–H and O–H groups in total. The molecule has 1 saturated heterocycles. The lowest BCUT2D eigenvalue weighted by atomic mass is 9.79. The second-order valence-corrected chi connectivity index (χ2v) is 9.55. The first-order valence-corrected chi connectivity index (χ1v) is 11.5. The Hall–Kier alpha value is -2.67. The van der Waals surface area contributed by atoms with Gasteiger partial charge in [-0.1, -0.05) is 41.1 Å². The first kappa shape index (κ1) is 20.2. The molecule has 2 amide bonds. The van der Waals surface area contributed by atoms with Crippen molar-refractivity contribution >= 4 is 45.1 Å². The van der Waals surface area contributed by atoms with Gasteiger partial charge in [0.15, 0.2) is 0 Å². The van der Waals surface area contributed by atoms with Gasteiger partial charge in [-0.15, -0.1) is 0 Å². The average molecular weight is 483 g/mol. The molecule has 3 fully saturated rings. The van der Waals surface area contributed by atoms with E-state index in [0.29, 0.717) is 11.3 Å². The maximum absolute atomic E-state index is 13.0. The number of hydrogen-bond acceptors (Lipinski definition) is 4. The summed E-state index contributed by atoms with van der Waals surface area (Å²) in [4.78, 5) is 37.9. The van der Waals surface area contributed by atoms with Crippen LogP contribution >= 0.6 is 15.9 Å². The standard InChI is InChI=1S/C24H23BrN2O4/c1-2-12-5-3-4-6-17(12)27-22(28)13-7-9-14(10-8-13)26-23(29)18-15-11-16-19(18)24(30)31-21(16)20(15)25/h3-10,15-16,18-21H,2,11H2,1H3,(H,26,29)(H,27,28)/t15-,16-,18-,19-,20-,21+/m1/s1. The fourth-order valence-corrected chi connectivity index (χ4v) is 6.45. The van der Waals surface area contributed by atoms with Crippen molar-refractivity contribution in [2.45, 2.75) is 30.7 Å². The van der Waals surface area contributed by atoms with Crippen LogP contribution in [0, 0.1) is 23.7 Å². The van der Waals surface area contributed by atoms with E-state index in [1.54, 1.807) is 24.3 Å². The molecular weight excluding hydrogens is 460 g/mol. The zero-order chi connectivity index (χ0) is 21.7. The monoisotopic (exact) mass is 482 g/mol. The molecule has 31 heavy (non-hydrogen) atoms. The summed E-state index contributed by atoms with van der Waals surface area (Å²) in [5.41, 5.74) is 2.98. The Morgan fingerprint density at radius 2 is 1.81 bits per heavy atom. The zero-order valence-electron chi connectivity index (χ0n) is 17.0. The van der Waals surface area contributed by atoms with Crippen LogP contribution in [-0.4, -0.2) is 28.7 Å². The number of carbonyl (C=O) groups excluding carboxylic acids is 3. The number of anilines is 2. The van der Waals surface area contributed by atoms with Gasteiger partial charge in [0.1, 0.15) is 6.10 Å². The molecule has 0 unspecified atom stereocenters. The largest absolute Gasteiger partial charge is 0.461 e. The van der Waals surface area contributed by atoms with Crippen LogP contribution in [0.2, 0.25) is 0 Å². The number of hydrogen-bond donors (Lipinski definition) is 2. The van der Waals surface area contributed by atoms with E-state index in [1.165, 1.54) is 0 Å². The van der Waals surface area contributed by atoms with Crippen molar-refractivity contribution in [3.05, 3.63) is 59.7 Å². The Labute approximate surface area is 188 Å². The van der Waals surface area contributed by atoms with Gasteiger partial charge in [0.05, 0.1) is 16.7 Å². The van der Waals surface area contributed by atoms with Crippen molar-refractivity contribution in [3.63, 3.8) is 0 Å². The molecule has 0 spiro atoms. The fraction of sp³-hybridized carbons (Fsp3) is 0.375. The molecule has 2 bridgehead atoms. The number of halogens is 1. The number of esters is 1. The lowest BCUT2D eigenvalue weighted by molar-refractivity contribution is -0.145. The molecule has 2 aliphatic carbocycles. The molecule has 2 saturated carbocycles. The highest BCUT2D eigenvalue weighted by molar-refractivity contribution is 9.09. The lowest BCUT2D eigenvalue weighted by Gasteiger charge is -2.27. The van der Waals surface area contributed by atoms with E-state index in [9.17, 15) is 14.4 Å². The Morgan fingerprint density at radius 3 is 2.55 bits per heavy atom. The average Bonchev–Trinajstić information content (AvgIpc) is 3.39. The van der Waals surface area contributed by atoms with E-state index in [-0.39, 0.29) is 52.4 Å². The first-order valence-electron chi connectivity index (χ1n) is 10.6. The third-order valence-corrected chi connectivity index (χ3v) is 8.09. The van der Waals surface area contributed by atoms with Crippen molar-refractivity contribution in [1.82, 2.24) is 0 Å². The summed E-state index contributed by atoms with van der Waals surface area (Å²) in [5, 5.41) is 5.87. The third kappa shape index (κ3) is 3.35. The molecule has 0 aromatic heterocycles. The summed E-state index contributed by atoms with van der Waals surface area (Å²) in [5.74, 6) is -1.09. The van der Waals surface area contributed by atoms with Gasteiger partial charge in [0, 0.05) is 22.9 Å². The van der Waals surface area contributed by atoms with Gasteiger partial charge in [-0.3, -0.25) is 14.4 Å². The minimum atomic E-state index is -0.380. The van der Waals surface area contributed by atoms with Crippen molar-refractivity contribution in [2.75, 3.05) is 10.6 Å². The molecule has 160 valence electrons. The highest BCUT2D eigenvalue weighted by Gasteiger charge is 2.67. The maximum atomic E-state index is 13.0. The van der Waals surface area contributed by atoms with Crippen LogP contribution in [-0.2, 0) is 20.7 Å². The Morgan fingerprint density at radius 1 is 1.06 bits per heavy atom. The minimum absolute atomic E-state index is 0.0352. The van der Waals surface area contributed by atoms with Gasteiger partial charge in [0.2, 0.25) is 5.91 Å². The van der Waals surface area contributed by atoms with Crippen molar-refractivity contribution in [3.8, 4) is 0 Å². The van der Waals surface area contributed by atoms with Crippen LogP contribution in [0.5, 0.6) is 0 Å². The van der Waals surface area contributed by atoms with Crippen molar-refractivity contribution in [2.24, 2.45) is 23.7 Å². The summed E-state index contributed by atoms with van der Waals surface area (Å²) in [6, 6.07) is 14.5. The Bertz CT molecular complexity index is 1050. The summed E-state index contributed by atoms with van der Waals surface area (Å²) in [6.45, 7) is 2.04. The number of benzene rings is 2. The predicted molar refractivity (Wildman–Crippen MR) is 120 cm³/mol. The van der Waals surface area contributed by atoms with E-state index in [2.05, 4.69) is 26.6 Å². The van der Waals surface area contributed by atoms with Gasteiger partial charge in [-0.05, 0) is 54.7 Å². The second kappa shape index (κ2) is 7.79. The van der Waals surface area contributed by atoms with Crippen LogP contribution in [0.3, 0.4) is 0 Å². The molecular formula is C24H23BrN2O4. The number of carbonyl (C=O) groups is 3. The van der Waals surface area contributed by atoms with E-state index < -0.39 is 0 Å². The smallest absolute Gasteiger partial charge is 0.310 e. The molecule has 1 heterocycles. The number of para-hydroxylation sites is 1. The summed E-state index contributed by atoms with van der Waals surface area (Å²) < 4.78 is 5.48. The first-order chi connectivity index (χ1) is 15.0. The van der Waals surface area contributed by atoms with E-state index >= 15 is 0 Å². The number of alkyl halides is 1. The van der Waals surface area contributed by atoms with Gasteiger partial charge in [0.25, 0.3) is 5.91 Å². The maximum Gasteiger partial charge on any atom is 0.310 e. The molecule has 6 atom stereocenters. The van der Waals surface area contributed by atoms with Gasteiger partial charge in [-0.2, -0.15) is 0 Å². The zero-order valence-corrected chi connectivity index (χ0v) is 18.6. The molecule has 0 radical (unpaired) electrons. The van der Waals surface area contributed by atoms with E-state index in [0.717, 1.165) is 24.1 Å². The number of aryl methyl sites for hydroxylation is 1. The highest BCUT2D eigenvalue weighted by atomic mass is 79.9. The van der Waals surface area contributed by atoms with Crippen molar-refractivity contribution < 1.29 is 19.1 Å². The molecule has 3 aliphatic rings. The molecule has 6 nitrogen and oxygen atoms in total. The minimum Gasteiger partial charge on any atom is -0.461 e. The fourth-order valence-electron chi connectivity index (χ4n) is 5.41. The van der Waals surface area contributed by atoms with Crippen LogP contribution in [0.25, 0.3) is 0 Å². The van der Waals surface area contributed by atoms with Crippen LogP contribution in [0.4, 0.5) is 11.4 Å². The third-order valence-electron chi connectivity index (χ3n) is 6.89. The lowest BCUT2D eigenvalue weighted by Crippen LogP contribution is -2.40. The molecule has 7 heteroatoms. The van der Waals surface area contributed by atoms with Gasteiger partial charge < -0.3 is 15.4 Å². The van der Waals surface area contributed by atoms with Crippen LogP contribution < -0.4 is 10.6 Å². The van der Waals surface area contributed by atoms with E-state index in [1.807, 2.05) is 31.2 Å². The van der Waals surface area contributed by atoms with Crippen molar-refractivity contribution in [1.29, 1.82) is 0 Å². The molecule has 5 rings (SSSR count). The topological polar surface area (TPSA) is 84.5 Å². The SMILES string of the molecule is CCc1ccccc1NC(=O)c1ccc(NC(=O)[C@@H]2[C@H]3C[C@H]4[C@H](OC(=O)[C@H]42)[C@@H]3Br)cc1. The quantitative estimate of drug-likeness (QED) is 0.497. The van der Waals surface area contributed by atoms with Crippen LogP contribution in [0.1, 0.15) is 29.3 Å². The summed E-state index contributed by atoms with van der Waals surface area (Å²) in [6.07, 6.45) is 1.57. The van der Waals surface area contributed by atoms with E-state index in [4.69, 9.17) is 4.74 Å². The normalized spacial score (nSPS) is 30.2. The Balaban J connectivity index is 1.26. The second-order valence-electron chi connectivity index (χ2n) is 8.49. The number of rotatable bonds is 5. The summed E-state index contributed by atoms with van der Waals surface area (Å²) >= 11 is 3.63. The number of nitrogens with one attached hydrogen (secondary N) is 2. The highest BCUT2D eigenvalue weighted by Crippen LogP contribution is 2.60. The number of fused-ring (bicyclic) bond motifs is 1. The summed E-state index contributed by atoms with van der Waals surface area (Å²) in [7, 11) is 0. The molecule has 1 aliphatic heterocycles. The number of amides is 2. The van der Waals surface area contributed by atoms with Gasteiger partial charge >= 0.3 is 5.97 Å². The van der Waals surface area contributed by atoms with Gasteiger partial charge in [-0.25, -0.2) is 0 Å². The Kier molecular flexibility index (Phi) is 5.08. The predicted octanol–water partition coefficient (Wildman–Crippen LogP) is 4.01. The van der Waals surface area contributed by atoms with Crippen LogP contribution in [0.15, 0.2) is 48.5 Å². The molecule has 2 aromatic carbocycles. The number of ether oxygens (including phenoxy) is 1. The molecule has 2 aromatic rings.